The number of piperidine rings is 1. The van der Waals surface area contributed by atoms with Gasteiger partial charge in [0.05, 0.1) is 11.1 Å². The van der Waals surface area contributed by atoms with Gasteiger partial charge in [-0.1, -0.05) is 23.7 Å². The number of fused-ring (bicyclic) bond motifs is 1. The Balaban J connectivity index is 1.47. The lowest BCUT2D eigenvalue weighted by molar-refractivity contribution is -0.274. The minimum atomic E-state index is -4.88. The molecule has 5 nitrogen and oxygen atoms in total. The largest absolute Gasteiger partial charge is 0.573 e. The van der Waals surface area contributed by atoms with E-state index in [-0.39, 0.29) is 16.9 Å². The Morgan fingerprint density at radius 2 is 1.62 bits per heavy atom. The fourth-order valence-corrected chi connectivity index (χ4v) is 5.33. The third-order valence-electron chi connectivity index (χ3n) is 6.88. The number of rotatable bonds is 4. The summed E-state index contributed by atoms with van der Waals surface area (Å²) in [6, 6.07) is 15.1. The van der Waals surface area contributed by atoms with Crippen molar-refractivity contribution in [1.29, 1.82) is 0 Å². The van der Waals surface area contributed by atoms with Gasteiger partial charge in [0.2, 0.25) is 0 Å². The first kappa shape index (κ1) is 27.1. The van der Waals surface area contributed by atoms with E-state index in [1.165, 1.54) is 17.0 Å². The van der Waals surface area contributed by atoms with Crippen LogP contribution in [0.5, 0.6) is 5.75 Å². The van der Waals surface area contributed by atoms with Crippen molar-refractivity contribution in [2.45, 2.75) is 37.6 Å². The van der Waals surface area contributed by atoms with E-state index in [1.807, 2.05) is 18.2 Å². The van der Waals surface area contributed by atoms with Crippen LogP contribution >= 0.6 is 11.6 Å². The molecule has 1 fully saturated rings. The SMILES string of the molecule is O=C1c2ccc(C(F)(F)F)cc2NC2(CCN(Cc3cccc(Cl)c3)CC2)N1c1ccc(OC(F)(F)F)cc1. The van der Waals surface area contributed by atoms with Crippen molar-refractivity contribution >= 4 is 28.9 Å². The summed E-state index contributed by atoms with van der Waals surface area (Å²) in [5.74, 6) is -1.01. The second-order valence-corrected chi connectivity index (χ2v) is 9.94. The fourth-order valence-electron chi connectivity index (χ4n) is 5.12. The average Bonchev–Trinajstić information content (AvgIpc) is 2.85. The summed E-state index contributed by atoms with van der Waals surface area (Å²) in [6.45, 7) is 1.57. The monoisotopic (exact) mass is 569 g/mol. The van der Waals surface area contributed by atoms with Gasteiger partial charge < -0.3 is 10.1 Å². The summed E-state index contributed by atoms with van der Waals surface area (Å²) in [5.41, 5.74) is -0.626. The van der Waals surface area contributed by atoms with Gasteiger partial charge in [-0.15, -0.1) is 13.2 Å². The van der Waals surface area contributed by atoms with Crippen LogP contribution in [-0.4, -0.2) is 35.9 Å². The molecule has 0 bridgehead atoms. The molecule has 2 aliphatic rings. The molecule has 1 saturated heterocycles. The van der Waals surface area contributed by atoms with Gasteiger partial charge in [0.15, 0.2) is 0 Å². The Morgan fingerprint density at radius 3 is 2.23 bits per heavy atom. The first-order chi connectivity index (χ1) is 18.3. The maximum absolute atomic E-state index is 13.7. The number of halogens is 7. The maximum atomic E-state index is 13.7. The van der Waals surface area contributed by atoms with Crippen LogP contribution in [-0.2, 0) is 12.7 Å². The van der Waals surface area contributed by atoms with Gasteiger partial charge in [-0.2, -0.15) is 13.2 Å². The molecule has 0 radical (unpaired) electrons. The molecule has 3 aromatic carbocycles. The number of likely N-dealkylation sites (tertiary alicyclic amines) is 1. The lowest BCUT2D eigenvalue weighted by Crippen LogP contribution is -2.64. The standard InChI is InChI=1S/C27H22ClF6N3O2/c28-19-3-1-2-17(14-19)16-36-12-10-25(11-13-36)35-23-15-18(26(29,30)31)4-9-22(23)24(38)37(25)20-5-7-21(8-6-20)39-27(32,33)34/h1-9,14-15,35H,10-13,16H2. The van der Waals surface area contributed by atoms with Gasteiger partial charge in [0.1, 0.15) is 11.4 Å². The number of hydrogen-bond donors (Lipinski definition) is 1. The van der Waals surface area contributed by atoms with Crippen LogP contribution in [0.1, 0.15) is 34.3 Å². The Hall–Kier alpha value is -3.44. The van der Waals surface area contributed by atoms with Gasteiger partial charge in [0.25, 0.3) is 5.91 Å². The lowest BCUT2D eigenvalue weighted by Gasteiger charge is -2.52. The molecule has 3 aromatic rings. The van der Waals surface area contributed by atoms with Gasteiger partial charge in [-0.25, -0.2) is 0 Å². The Kier molecular flexibility index (Phi) is 6.92. The van der Waals surface area contributed by atoms with Crippen LogP contribution < -0.4 is 15.0 Å². The van der Waals surface area contributed by atoms with Crippen LogP contribution in [0.25, 0.3) is 0 Å². The van der Waals surface area contributed by atoms with E-state index in [1.54, 1.807) is 6.07 Å². The van der Waals surface area contributed by atoms with Gasteiger partial charge in [0, 0.05) is 48.9 Å². The molecule has 39 heavy (non-hydrogen) atoms. The molecule has 5 rings (SSSR count). The first-order valence-corrected chi connectivity index (χ1v) is 12.4. The Morgan fingerprint density at radius 1 is 0.923 bits per heavy atom. The normalized spacial score (nSPS) is 17.6. The van der Waals surface area contributed by atoms with Crippen LogP contribution in [0.3, 0.4) is 0 Å². The van der Waals surface area contributed by atoms with Crippen molar-refractivity contribution < 1.29 is 35.9 Å². The molecule has 1 spiro atoms. The third kappa shape index (κ3) is 5.79. The van der Waals surface area contributed by atoms with Crippen LogP contribution in [0.4, 0.5) is 37.7 Å². The maximum Gasteiger partial charge on any atom is 0.573 e. The van der Waals surface area contributed by atoms with E-state index < -0.39 is 35.4 Å². The highest BCUT2D eigenvalue weighted by molar-refractivity contribution is 6.30. The van der Waals surface area contributed by atoms with Crippen molar-refractivity contribution in [2.24, 2.45) is 0 Å². The quantitative estimate of drug-likeness (QED) is 0.334. The molecule has 0 saturated carbocycles. The van der Waals surface area contributed by atoms with Crippen molar-refractivity contribution in [3.05, 3.63) is 88.4 Å². The van der Waals surface area contributed by atoms with Crippen LogP contribution in [0, 0.1) is 0 Å². The predicted octanol–water partition coefficient (Wildman–Crippen LogP) is 7.32. The molecule has 1 N–H and O–H groups in total. The molecular formula is C27H22ClF6N3O2. The van der Waals surface area contributed by atoms with Crippen molar-refractivity contribution in [3.8, 4) is 5.75 Å². The molecule has 1 amide bonds. The number of amides is 1. The summed E-state index contributed by atoms with van der Waals surface area (Å²) < 4.78 is 82.2. The van der Waals surface area contributed by atoms with E-state index >= 15 is 0 Å². The topological polar surface area (TPSA) is 44.8 Å². The number of carbonyl (C=O) groups is 1. The molecule has 0 aromatic heterocycles. The summed E-state index contributed by atoms with van der Waals surface area (Å²) >= 11 is 6.10. The number of carbonyl (C=O) groups excluding carboxylic acids is 1. The van der Waals surface area contributed by atoms with Crippen LogP contribution in [0.15, 0.2) is 66.7 Å². The van der Waals surface area contributed by atoms with Gasteiger partial charge in [-0.3, -0.25) is 14.6 Å². The molecule has 206 valence electrons. The van der Waals surface area contributed by atoms with E-state index in [2.05, 4.69) is 15.0 Å². The van der Waals surface area contributed by atoms with Crippen LogP contribution in [0.2, 0.25) is 5.02 Å². The molecule has 0 unspecified atom stereocenters. The third-order valence-corrected chi connectivity index (χ3v) is 7.12. The summed E-state index contributed by atoms with van der Waals surface area (Å²) in [4.78, 5) is 17.3. The molecular weight excluding hydrogens is 548 g/mol. The lowest BCUT2D eigenvalue weighted by atomic mass is 9.88. The molecule has 0 atom stereocenters. The highest BCUT2D eigenvalue weighted by Crippen LogP contribution is 2.43. The van der Waals surface area contributed by atoms with E-state index in [0.717, 1.165) is 35.9 Å². The van der Waals surface area contributed by atoms with Crippen molar-refractivity contribution in [1.82, 2.24) is 4.90 Å². The second kappa shape index (κ2) is 9.95. The predicted molar refractivity (Wildman–Crippen MR) is 134 cm³/mol. The number of alkyl halides is 6. The number of anilines is 2. The van der Waals surface area contributed by atoms with E-state index in [9.17, 15) is 31.1 Å². The van der Waals surface area contributed by atoms with Crippen molar-refractivity contribution in [3.63, 3.8) is 0 Å². The highest BCUT2D eigenvalue weighted by Gasteiger charge is 2.48. The summed E-state index contributed by atoms with van der Waals surface area (Å²) in [5, 5.41) is 3.80. The fraction of sp³-hybridized carbons (Fsp3) is 0.296. The zero-order valence-electron chi connectivity index (χ0n) is 20.2. The Bertz CT molecular complexity index is 1370. The first-order valence-electron chi connectivity index (χ1n) is 12.0. The van der Waals surface area contributed by atoms with Crippen molar-refractivity contribution in [2.75, 3.05) is 23.3 Å². The van der Waals surface area contributed by atoms with E-state index in [0.29, 0.717) is 37.5 Å². The number of benzene rings is 3. The van der Waals surface area contributed by atoms with Gasteiger partial charge >= 0.3 is 12.5 Å². The van der Waals surface area contributed by atoms with E-state index in [4.69, 9.17) is 11.6 Å². The summed E-state index contributed by atoms with van der Waals surface area (Å²) in [7, 11) is 0. The smallest absolute Gasteiger partial charge is 0.406 e. The number of nitrogens with zero attached hydrogens (tertiary/aromatic N) is 2. The molecule has 12 heteroatoms. The second-order valence-electron chi connectivity index (χ2n) is 9.50. The minimum absolute atomic E-state index is 0.0330. The average molecular weight is 570 g/mol. The molecule has 2 aliphatic heterocycles. The zero-order valence-corrected chi connectivity index (χ0v) is 21.0. The summed E-state index contributed by atoms with van der Waals surface area (Å²) in [6.07, 6.45) is -8.79. The highest BCUT2D eigenvalue weighted by atomic mass is 35.5. The minimum Gasteiger partial charge on any atom is -0.406 e. The zero-order chi connectivity index (χ0) is 28.0. The molecule has 0 aliphatic carbocycles. The number of hydrogen-bond acceptors (Lipinski definition) is 4. The number of nitrogens with one attached hydrogen (secondary N) is 1. The molecule has 2 heterocycles. The van der Waals surface area contributed by atoms with Gasteiger partial charge in [-0.05, 0) is 60.2 Å². The number of ether oxygens (including phenoxy) is 1. The Labute approximate surface area is 224 Å².